The Bertz CT molecular complexity index is 412. The molecule has 0 bridgehead atoms. The highest BCUT2D eigenvalue weighted by Crippen LogP contribution is 2.31. The average molecular weight is 242 g/mol. The van der Waals surface area contributed by atoms with Gasteiger partial charge in [-0.1, -0.05) is 0 Å². The molecular formula is C12H16F2N2O. The first-order chi connectivity index (χ1) is 8.11. The van der Waals surface area contributed by atoms with E-state index in [0.717, 1.165) is 25.6 Å². The van der Waals surface area contributed by atoms with Crippen molar-refractivity contribution in [2.24, 2.45) is 5.92 Å². The molecule has 3 nitrogen and oxygen atoms in total. The van der Waals surface area contributed by atoms with Gasteiger partial charge in [0.2, 0.25) is 0 Å². The van der Waals surface area contributed by atoms with E-state index >= 15 is 0 Å². The van der Waals surface area contributed by atoms with Crippen molar-refractivity contribution in [1.29, 1.82) is 0 Å². The highest BCUT2D eigenvalue weighted by atomic mass is 19.1. The van der Waals surface area contributed by atoms with E-state index < -0.39 is 11.6 Å². The zero-order chi connectivity index (χ0) is 12.4. The molecule has 17 heavy (non-hydrogen) atoms. The smallest absolute Gasteiger partial charge is 0.151 e. The third kappa shape index (κ3) is 2.49. The van der Waals surface area contributed by atoms with E-state index in [-0.39, 0.29) is 5.69 Å². The van der Waals surface area contributed by atoms with Crippen LogP contribution in [0.1, 0.15) is 6.42 Å². The topological polar surface area (TPSA) is 38.5 Å². The van der Waals surface area contributed by atoms with Crippen LogP contribution in [0.3, 0.4) is 0 Å². The van der Waals surface area contributed by atoms with Crippen LogP contribution >= 0.6 is 0 Å². The van der Waals surface area contributed by atoms with Crippen molar-refractivity contribution < 1.29 is 13.5 Å². The fraction of sp³-hybridized carbons (Fsp3) is 0.500. The molecule has 1 atom stereocenters. The van der Waals surface area contributed by atoms with E-state index in [1.807, 2.05) is 4.90 Å². The van der Waals surface area contributed by atoms with Crippen molar-refractivity contribution >= 4 is 11.4 Å². The third-order valence-corrected chi connectivity index (χ3v) is 3.10. The second-order valence-corrected chi connectivity index (χ2v) is 4.38. The number of nitrogens with zero attached hydrogens (tertiary/aromatic N) is 1. The molecule has 5 heteroatoms. The van der Waals surface area contributed by atoms with Gasteiger partial charge in [-0.3, -0.25) is 0 Å². The molecule has 0 amide bonds. The predicted molar refractivity (Wildman–Crippen MR) is 63.0 cm³/mol. The van der Waals surface area contributed by atoms with Gasteiger partial charge in [-0.05, 0) is 12.5 Å². The van der Waals surface area contributed by atoms with Crippen LogP contribution < -0.4 is 10.6 Å². The first-order valence-electron chi connectivity index (χ1n) is 5.60. The number of ether oxygens (including phenoxy) is 1. The summed E-state index contributed by atoms with van der Waals surface area (Å²) in [7, 11) is 1.65. The largest absolute Gasteiger partial charge is 0.395 e. The first kappa shape index (κ1) is 12.1. The van der Waals surface area contributed by atoms with Crippen LogP contribution in [0, 0.1) is 17.6 Å². The number of nitrogens with two attached hydrogens (primary N) is 1. The summed E-state index contributed by atoms with van der Waals surface area (Å²) in [5, 5.41) is 0. The second kappa shape index (κ2) is 4.87. The van der Waals surface area contributed by atoms with E-state index in [1.54, 1.807) is 7.11 Å². The first-order valence-corrected chi connectivity index (χ1v) is 5.60. The summed E-state index contributed by atoms with van der Waals surface area (Å²) in [4.78, 5) is 1.91. The minimum Gasteiger partial charge on any atom is -0.395 e. The molecule has 2 rings (SSSR count). The molecule has 1 aromatic carbocycles. The Morgan fingerprint density at radius 1 is 1.47 bits per heavy atom. The highest BCUT2D eigenvalue weighted by Gasteiger charge is 2.25. The molecule has 0 saturated carbocycles. The van der Waals surface area contributed by atoms with Crippen LogP contribution in [0.25, 0.3) is 0 Å². The number of methoxy groups -OCH3 is 1. The van der Waals surface area contributed by atoms with Gasteiger partial charge in [0.25, 0.3) is 0 Å². The molecule has 1 unspecified atom stereocenters. The van der Waals surface area contributed by atoms with Gasteiger partial charge in [0.05, 0.1) is 18.0 Å². The average Bonchev–Trinajstić information content (AvgIpc) is 2.72. The molecule has 1 aromatic rings. The molecule has 1 heterocycles. The highest BCUT2D eigenvalue weighted by molar-refractivity contribution is 5.68. The number of nitrogen functional groups attached to an aromatic ring is 1. The van der Waals surface area contributed by atoms with Gasteiger partial charge < -0.3 is 15.4 Å². The van der Waals surface area contributed by atoms with E-state index in [0.29, 0.717) is 18.2 Å². The van der Waals surface area contributed by atoms with Gasteiger partial charge in [0.15, 0.2) is 5.82 Å². The molecule has 1 saturated heterocycles. The normalized spacial score (nSPS) is 19.9. The van der Waals surface area contributed by atoms with Crippen LogP contribution in [0.5, 0.6) is 0 Å². The van der Waals surface area contributed by atoms with Gasteiger partial charge >= 0.3 is 0 Å². The van der Waals surface area contributed by atoms with Crippen molar-refractivity contribution in [3.63, 3.8) is 0 Å². The summed E-state index contributed by atoms with van der Waals surface area (Å²) in [5.74, 6) is -0.900. The second-order valence-electron chi connectivity index (χ2n) is 4.38. The summed E-state index contributed by atoms with van der Waals surface area (Å²) in [6.45, 7) is 2.14. The van der Waals surface area contributed by atoms with Gasteiger partial charge in [-0.15, -0.1) is 0 Å². The zero-order valence-corrected chi connectivity index (χ0v) is 9.75. The number of hydrogen-bond donors (Lipinski definition) is 1. The fourth-order valence-electron chi connectivity index (χ4n) is 2.26. The van der Waals surface area contributed by atoms with Gasteiger partial charge in [0, 0.05) is 32.2 Å². The Morgan fingerprint density at radius 3 is 2.94 bits per heavy atom. The van der Waals surface area contributed by atoms with Crippen molar-refractivity contribution in [3.8, 4) is 0 Å². The Labute approximate surface area is 99.2 Å². The monoisotopic (exact) mass is 242 g/mol. The standard InChI is InChI=1S/C12H16F2N2O/c1-17-7-8-2-3-16(6-8)11-5-9(13)4-10(14)12(11)15/h4-5,8H,2-3,6-7,15H2,1H3. The minimum absolute atomic E-state index is 0.0180. The number of rotatable bonds is 3. The van der Waals surface area contributed by atoms with Crippen LogP contribution in [-0.2, 0) is 4.74 Å². The van der Waals surface area contributed by atoms with Gasteiger partial charge in [0.1, 0.15) is 5.82 Å². The lowest BCUT2D eigenvalue weighted by Crippen LogP contribution is -2.22. The summed E-state index contributed by atoms with van der Waals surface area (Å²) in [6, 6.07) is 2.09. The predicted octanol–water partition coefficient (Wildman–Crippen LogP) is 2.02. The summed E-state index contributed by atoms with van der Waals surface area (Å²) < 4.78 is 31.6. The SMILES string of the molecule is COCC1CCN(c2cc(F)cc(F)c2N)C1. The van der Waals surface area contributed by atoms with Crippen molar-refractivity contribution in [1.82, 2.24) is 0 Å². The Kier molecular flexibility index (Phi) is 3.47. The quantitative estimate of drug-likeness (QED) is 0.824. The molecule has 2 N–H and O–H groups in total. The Hall–Kier alpha value is -1.36. The molecule has 1 aliphatic rings. The number of anilines is 2. The number of benzene rings is 1. The minimum atomic E-state index is -0.699. The molecule has 1 aliphatic heterocycles. The van der Waals surface area contributed by atoms with Crippen LogP contribution in [-0.4, -0.2) is 26.8 Å². The van der Waals surface area contributed by atoms with Crippen LogP contribution in [0.4, 0.5) is 20.2 Å². The van der Waals surface area contributed by atoms with E-state index in [9.17, 15) is 8.78 Å². The third-order valence-electron chi connectivity index (χ3n) is 3.10. The molecule has 1 fully saturated rings. The van der Waals surface area contributed by atoms with Gasteiger partial charge in [-0.25, -0.2) is 8.78 Å². The molecular weight excluding hydrogens is 226 g/mol. The van der Waals surface area contributed by atoms with Crippen molar-refractivity contribution in [3.05, 3.63) is 23.8 Å². The summed E-state index contributed by atoms with van der Waals surface area (Å²) in [5.41, 5.74) is 6.10. The summed E-state index contributed by atoms with van der Waals surface area (Å²) >= 11 is 0. The van der Waals surface area contributed by atoms with Crippen molar-refractivity contribution in [2.75, 3.05) is 37.4 Å². The van der Waals surface area contributed by atoms with E-state index in [2.05, 4.69) is 0 Å². The molecule has 94 valence electrons. The molecule has 0 aromatic heterocycles. The fourth-order valence-corrected chi connectivity index (χ4v) is 2.26. The van der Waals surface area contributed by atoms with Gasteiger partial charge in [-0.2, -0.15) is 0 Å². The number of hydrogen-bond acceptors (Lipinski definition) is 3. The van der Waals surface area contributed by atoms with E-state index in [1.165, 1.54) is 6.07 Å². The lowest BCUT2D eigenvalue weighted by molar-refractivity contribution is 0.161. The Morgan fingerprint density at radius 2 is 2.24 bits per heavy atom. The van der Waals surface area contributed by atoms with E-state index in [4.69, 9.17) is 10.5 Å². The molecule has 0 spiro atoms. The zero-order valence-electron chi connectivity index (χ0n) is 9.75. The number of halogens is 2. The molecule has 0 aliphatic carbocycles. The lowest BCUT2D eigenvalue weighted by Gasteiger charge is -2.21. The Balaban J connectivity index is 2.18. The maximum absolute atomic E-state index is 13.3. The molecule has 0 radical (unpaired) electrons. The van der Waals surface area contributed by atoms with Crippen molar-refractivity contribution in [2.45, 2.75) is 6.42 Å². The lowest BCUT2D eigenvalue weighted by atomic mass is 10.1. The maximum Gasteiger partial charge on any atom is 0.151 e. The van der Waals surface area contributed by atoms with Crippen LogP contribution in [0.2, 0.25) is 0 Å². The summed E-state index contributed by atoms with van der Waals surface area (Å²) in [6.07, 6.45) is 0.950. The maximum atomic E-state index is 13.3. The van der Waals surface area contributed by atoms with Crippen LogP contribution in [0.15, 0.2) is 12.1 Å².